The highest BCUT2D eigenvalue weighted by molar-refractivity contribution is 6.31. The molecule has 0 unspecified atom stereocenters. The number of benzene rings is 2. The number of ether oxygens (including phenoxy) is 2. The Bertz CT molecular complexity index is 1020. The number of hydrogen-bond donors (Lipinski definition) is 0. The van der Waals surface area contributed by atoms with Gasteiger partial charge in [-0.2, -0.15) is 0 Å². The summed E-state index contributed by atoms with van der Waals surface area (Å²) < 4.78 is 12.1. The van der Waals surface area contributed by atoms with Crippen LogP contribution in [-0.4, -0.2) is 37.8 Å². The van der Waals surface area contributed by atoms with Gasteiger partial charge in [-0.05, 0) is 35.9 Å². The predicted molar refractivity (Wildman–Crippen MR) is 107 cm³/mol. The Balaban J connectivity index is 1.57. The highest BCUT2D eigenvalue weighted by Gasteiger charge is 2.30. The molecule has 6 heteroatoms. The maximum Gasteiger partial charge on any atom is 0.340 e. The molecule has 1 aliphatic heterocycles. The molecule has 0 saturated carbocycles. The number of fused-ring (bicyclic) bond motifs is 1. The van der Waals surface area contributed by atoms with Gasteiger partial charge < -0.3 is 18.9 Å². The molecule has 5 nitrogen and oxygen atoms in total. The maximum atomic E-state index is 12.1. The van der Waals surface area contributed by atoms with Crippen LogP contribution in [-0.2, 0) is 11.8 Å². The van der Waals surface area contributed by atoms with Gasteiger partial charge in [-0.25, -0.2) is 4.79 Å². The molecular weight excluding hydrogens is 364 g/mol. The summed E-state index contributed by atoms with van der Waals surface area (Å²) in [4.78, 5) is 14.3. The number of nitrogens with zero attached hydrogens (tertiary/aromatic N) is 2. The predicted octanol–water partition coefficient (Wildman–Crippen LogP) is 4.23. The first-order chi connectivity index (χ1) is 13.0. The van der Waals surface area contributed by atoms with Crippen molar-refractivity contribution in [3.63, 3.8) is 0 Å². The molecule has 1 fully saturated rings. The monoisotopic (exact) mass is 384 g/mol. The van der Waals surface area contributed by atoms with Crippen molar-refractivity contribution < 1.29 is 14.3 Å². The largest absolute Gasteiger partial charge is 0.497 e. The van der Waals surface area contributed by atoms with Gasteiger partial charge in [0.25, 0.3) is 0 Å². The molecule has 140 valence electrons. The van der Waals surface area contributed by atoms with Crippen molar-refractivity contribution in [1.82, 2.24) is 4.57 Å². The van der Waals surface area contributed by atoms with Crippen LogP contribution in [0.1, 0.15) is 21.8 Å². The van der Waals surface area contributed by atoms with Crippen LogP contribution >= 0.6 is 11.6 Å². The molecule has 0 amide bonds. The summed E-state index contributed by atoms with van der Waals surface area (Å²) in [6.07, 6.45) is 1.82. The zero-order valence-electron chi connectivity index (χ0n) is 15.5. The zero-order valence-corrected chi connectivity index (χ0v) is 16.3. The quantitative estimate of drug-likeness (QED) is 0.631. The lowest BCUT2D eigenvalue weighted by Crippen LogP contribution is -2.45. The molecule has 27 heavy (non-hydrogen) atoms. The molecule has 0 aliphatic carbocycles. The average molecular weight is 385 g/mol. The van der Waals surface area contributed by atoms with Crippen LogP contribution in [0.3, 0.4) is 0 Å². The van der Waals surface area contributed by atoms with Crippen LogP contribution < -0.4 is 9.64 Å². The molecule has 4 rings (SSSR count). The van der Waals surface area contributed by atoms with E-state index < -0.39 is 0 Å². The summed E-state index contributed by atoms with van der Waals surface area (Å²) in [7, 11) is 4.97. The number of anilines is 1. The third kappa shape index (κ3) is 3.02. The Morgan fingerprint density at radius 2 is 1.93 bits per heavy atom. The van der Waals surface area contributed by atoms with E-state index in [0.717, 1.165) is 46.0 Å². The van der Waals surface area contributed by atoms with Gasteiger partial charge in [0.2, 0.25) is 0 Å². The van der Waals surface area contributed by atoms with E-state index >= 15 is 0 Å². The first-order valence-electron chi connectivity index (χ1n) is 8.77. The minimum atomic E-state index is -0.316. The van der Waals surface area contributed by atoms with Crippen molar-refractivity contribution in [2.75, 3.05) is 32.2 Å². The second-order valence-electron chi connectivity index (χ2n) is 6.84. The van der Waals surface area contributed by atoms with Crippen LogP contribution in [0.4, 0.5) is 5.69 Å². The maximum absolute atomic E-state index is 12.1. The first kappa shape index (κ1) is 17.7. The third-order valence-corrected chi connectivity index (χ3v) is 5.60. The Morgan fingerprint density at radius 3 is 2.59 bits per heavy atom. The number of esters is 1. The van der Waals surface area contributed by atoms with E-state index in [9.17, 15) is 4.79 Å². The van der Waals surface area contributed by atoms with Gasteiger partial charge in [0.1, 0.15) is 5.75 Å². The van der Waals surface area contributed by atoms with E-state index in [1.807, 2.05) is 42.1 Å². The van der Waals surface area contributed by atoms with Crippen LogP contribution in [0.2, 0.25) is 5.02 Å². The molecule has 3 aromatic rings. The molecule has 0 radical (unpaired) electrons. The van der Waals surface area contributed by atoms with E-state index in [-0.39, 0.29) is 5.97 Å². The lowest BCUT2D eigenvalue weighted by Gasteiger charge is -2.41. The van der Waals surface area contributed by atoms with Crippen molar-refractivity contribution >= 4 is 34.2 Å². The summed E-state index contributed by atoms with van der Waals surface area (Å²) >= 11 is 6.41. The van der Waals surface area contributed by atoms with Crippen molar-refractivity contribution in [1.29, 1.82) is 0 Å². The van der Waals surface area contributed by atoms with Gasteiger partial charge in [0.05, 0.1) is 19.8 Å². The number of aryl methyl sites for hydroxylation is 1. The summed E-state index contributed by atoms with van der Waals surface area (Å²) in [6, 6.07) is 12.0. The fourth-order valence-electron chi connectivity index (χ4n) is 3.70. The molecule has 0 N–H and O–H groups in total. The van der Waals surface area contributed by atoms with E-state index in [0.29, 0.717) is 11.5 Å². The summed E-state index contributed by atoms with van der Waals surface area (Å²) in [6.45, 7) is 1.77. The molecule has 0 atom stereocenters. The summed E-state index contributed by atoms with van der Waals surface area (Å²) in [5.41, 5.74) is 3.84. The van der Waals surface area contributed by atoms with Crippen molar-refractivity contribution in [2.45, 2.75) is 5.92 Å². The van der Waals surface area contributed by atoms with Crippen molar-refractivity contribution in [3.8, 4) is 5.75 Å². The number of carbonyl (C=O) groups excluding carboxylic acids is 1. The highest BCUT2D eigenvalue weighted by Crippen LogP contribution is 2.37. The van der Waals surface area contributed by atoms with Gasteiger partial charge in [-0.1, -0.05) is 17.7 Å². The minimum Gasteiger partial charge on any atom is -0.497 e. The Kier molecular flexibility index (Phi) is 4.48. The van der Waals surface area contributed by atoms with E-state index in [4.69, 9.17) is 21.1 Å². The minimum absolute atomic E-state index is 0.316. The fraction of sp³-hybridized carbons (Fsp3) is 0.286. The van der Waals surface area contributed by atoms with Crippen molar-refractivity contribution in [3.05, 3.63) is 58.7 Å². The smallest absolute Gasteiger partial charge is 0.340 e. The number of carbonyl (C=O) groups is 1. The number of aromatic nitrogens is 1. The molecule has 0 spiro atoms. The van der Waals surface area contributed by atoms with E-state index in [1.165, 1.54) is 7.11 Å². The Morgan fingerprint density at radius 1 is 1.15 bits per heavy atom. The third-order valence-electron chi connectivity index (χ3n) is 5.27. The lowest BCUT2D eigenvalue weighted by atomic mass is 9.90. The van der Waals surface area contributed by atoms with E-state index in [2.05, 4.69) is 17.0 Å². The van der Waals surface area contributed by atoms with Crippen LogP contribution in [0.15, 0.2) is 42.6 Å². The Hall–Kier alpha value is -2.66. The SMILES string of the molecule is COC(=O)c1cn(C)c2ccc(N3CC(c4ccc(OC)cc4Cl)C3)cc12. The van der Waals surface area contributed by atoms with Gasteiger partial charge in [-0.3, -0.25) is 0 Å². The van der Waals surface area contributed by atoms with E-state index in [1.54, 1.807) is 7.11 Å². The molecule has 1 saturated heterocycles. The number of rotatable bonds is 4. The summed E-state index contributed by atoms with van der Waals surface area (Å²) in [5.74, 6) is 0.837. The zero-order chi connectivity index (χ0) is 19.1. The lowest BCUT2D eigenvalue weighted by molar-refractivity contribution is 0.0603. The van der Waals surface area contributed by atoms with Gasteiger partial charge >= 0.3 is 5.97 Å². The molecular formula is C21H21ClN2O3. The van der Waals surface area contributed by atoms with Gasteiger partial charge in [0.15, 0.2) is 0 Å². The number of hydrogen-bond acceptors (Lipinski definition) is 4. The second kappa shape index (κ2) is 6.82. The normalized spacial score (nSPS) is 14.3. The van der Waals surface area contributed by atoms with Crippen LogP contribution in [0.25, 0.3) is 10.9 Å². The fourth-order valence-corrected chi connectivity index (χ4v) is 4.03. The van der Waals surface area contributed by atoms with Gasteiger partial charge in [0, 0.05) is 53.9 Å². The highest BCUT2D eigenvalue weighted by atomic mass is 35.5. The first-order valence-corrected chi connectivity index (χ1v) is 9.15. The van der Waals surface area contributed by atoms with Crippen LogP contribution in [0.5, 0.6) is 5.75 Å². The topological polar surface area (TPSA) is 43.7 Å². The number of halogens is 1. The second-order valence-corrected chi connectivity index (χ2v) is 7.24. The van der Waals surface area contributed by atoms with Crippen LogP contribution in [0, 0.1) is 0 Å². The molecule has 2 heterocycles. The molecule has 0 bridgehead atoms. The van der Waals surface area contributed by atoms with Crippen molar-refractivity contribution in [2.24, 2.45) is 7.05 Å². The molecule has 2 aromatic carbocycles. The van der Waals surface area contributed by atoms with Gasteiger partial charge in [-0.15, -0.1) is 0 Å². The Labute approximate surface area is 163 Å². The summed E-state index contributed by atoms with van der Waals surface area (Å²) in [5, 5.41) is 1.65. The molecule has 1 aliphatic rings. The average Bonchev–Trinajstić information content (AvgIpc) is 2.97. The number of methoxy groups -OCH3 is 2. The standard InChI is InChI=1S/C21H21ClN2O3/c1-23-12-18(21(25)27-3)17-8-14(4-7-20(17)23)24-10-13(11-24)16-6-5-15(26-2)9-19(16)22/h4-9,12-13H,10-11H2,1-3H3. The molecule has 1 aromatic heterocycles.